The van der Waals surface area contributed by atoms with Gasteiger partial charge in [0.25, 0.3) is 0 Å². The smallest absolute Gasteiger partial charge is 0.159 e. The quantitative estimate of drug-likeness (QED) is 0.157. The number of rotatable bonds is 6. The van der Waals surface area contributed by atoms with Gasteiger partial charge in [-0.2, -0.15) is 10.5 Å². The second-order valence-corrected chi connectivity index (χ2v) is 23.1. The first kappa shape index (κ1) is 36.0. The average molecular weight is 814 g/mol. The van der Waals surface area contributed by atoms with Crippen molar-refractivity contribution in [2.45, 2.75) is 31.7 Å². The number of fused-ring (bicyclic) bond motifs is 12. The van der Waals surface area contributed by atoms with Crippen LogP contribution in [-0.4, -0.2) is 21.8 Å². The van der Waals surface area contributed by atoms with E-state index in [1.807, 2.05) is 42.5 Å². The molecule has 12 rings (SSSR count). The van der Waals surface area contributed by atoms with Gasteiger partial charge in [-0.1, -0.05) is 92.4 Å². The molecule has 6 nitrogen and oxygen atoms in total. The molecular formula is C55H39N5OSi. The molecule has 7 heteroatoms. The molecule has 62 heavy (non-hydrogen) atoms. The van der Waals surface area contributed by atoms with Crippen LogP contribution in [0.15, 0.2) is 168 Å². The summed E-state index contributed by atoms with van der Waals surface area (Å²) in [6.07, 6.45) is 0. The Morgan fingerprint density at radius 1 is 0.484 bits per heavy atom. The molecule has 0 fully saturated rings. The zero-order chi connectivity index (χ0) is 41.9. The fraction of sp³-hybridized carbons (Fsp3) is 0.0909. The predicted octanol–water partition coefficient (Wildman–Crippen LogP) is 14.3. The molecule has 8 aromatic carbocycles. The van der Waals surface area contributed by atoms with Gasteiger partial charge < -0.3 is 18.1 Å². The monoisotopic (exact) mass is 813 g/mol. The van der Waals surface area contributed by atoms with Crippen molar-refractivity contribution in [2.24, 2.45) is 0 Å². The van der Waals surface area contributed by atoms with E-state index in [1.54, 1.807) is 0 Å². The molecule has 0 aliphatic heterocycles. The molecule has 0 radical (unpaired) electrons. The summed E-state index contributed by atoms with van der Waals surface area (Å²) in [5.74, 6) is 0. The number of furan rings is 1. The lowest BCUT2D eigenvalue weighted by molar-refractivity contribution is 0.666. The highest BCUT2D eigenvalue weighted by molar-refractivity contribution is 6.77. The number of hydrogen-bond acceptors (Lipinski definition) is 3. The number of para-hydroxylation sites is 4. The Morgan fingerprint density at radius 2 is 1.02 bits per heavy atom. The molecule has 4 aromatic heterocycles. The molecule has 0 spiro atoms. The van der Waals surface area contributed by atoms with Crippen molar-refractivity contribution in [3.8, 4) is 23.5 Å². The summed E-state index contributed by atoms with van der Waals surface area (Å²) in [5, 5.41) is 28.6. The maximum atomic E-state index is 9.77. The third-order valence-electron chi connectivity index (χ3n) is 13.2. The van der Waals surface area contributed by atoms with Crippen LogP contribution in [0.1, 0.15) is 22.2 Å². The number of nitrogens with zero attached hydrogens (tertiary/aromatic N) is 5. The molecule has 4 heterocycles. The van der Waals surface area contributed by atoms with Crippen LogP contribution in [-0.2, 0) is 6.54 Å². The summed E-state index contributed by atoms with van der Waals surface area (Å²) in [6, 6.07) is 62.6. The van der Waals surface area contributed by atoms with Gasteiger partial charge in [-0.05, 0) is 102 Å². The molecular weight excluding hydrogens is 775 g/mol. The lowest BCUT2D eigenvalue weighted by Crippen LogP contribution is -2.34. The van der Waals surface area contributed by atoms with Crippen molar-refractivity contribution < 1.29 is 4.42 Å². The Bertz CT molecular complexity index is 3860. The van der Waals surface area contributed by atoms with Crippen LogP contribution in [0.25, 0.3) is 98.7 Å². The highest BCUT2D eigenvalue weighted by Crippen LogP contribution is 2.42. The van der Waals surface area contributed by atoms with E-state index in [9.17, 15) is 10.5 Å². The van der Waals surface area contributed by atoms with Gasteiger partial charge in [-0.3, -0.25) is 0 Å². The Balaban J connectivity index is 1.01. The summed E-state index contributed by atoms with van der Waals surface area (Å²) < 4.78 is 13.8. The summed E-state index contributed by atoms with van der Waals surface area (Å²) in [7, 11) is -1.85. The van der Waals surface area contributed by atoms with E-state index >= 15 is 0 Å². The Morgan fingerprint density at radius 3 is 1.73 bits per heavy atom. The lowest BCUT2D eigenvalue weighted by Gasteiger charge is -2.31. The van der Waals surface area contributed by atoms with Crippen molar-refractivity contribution in [1.82, 2.24) is 13.7 Å². The third kappa shape index (κ3) is 5.26. The molecule has 0 N–H and O–H groups in total. The SMILES string of the molecule is C[Si](C)(C)C(Cn1c2ccccc2c2cc(-n3c4ccc(C#N)cc4c4cc(C#N)ccc43)ccc21)c1ccc2c(c1)c1ccccc1n2-c1cccc2c1oc1ccccc12. The minimum absolute atomic E-state index is 0.312. The van der Waals surface area contributed by atoms with E-state index in [0.717, 1.165) is 67.2 Å². The minimum Gasteiger partial charge on any atom is -0.454 e. The Hall–Kier alpha value is -7.84. The number of aromatic nitrogens is 3. The number of hydrogen-bond donors (Lipinski definition) is 0. The van der Waals surface area contributed by atoms with E-state index in [4.69, 9.17) is 4.42 Å². The number of nitriles is 2. The summed E-state index contributed by atoms with van der Waals surface area (Å²) >= 11 is 0. The van der Waals surface area contributed by atoms with Crippen molar-refractivity contribution >= 4 is 95.4 Å². The van der Waals surface area contributed by atoms with Crippen molar-refractivity contribution in [3.63, 3.8) is 0 Å². The largest absolute Gasteiger partial charge is 0.454 e. The third-order valence-corrected chi connectivity index (χ3v) is 15.8. The van der Waals surface area contributed by atoms with Crippen LogP contribution in [0, 0.1) is 22.7 Å². The molecule has 0 aliphatic carbocycles. The summed E-state index contributed by atoms with van der Waals surface area (Å²) in [4.78, 5) is 0. The van der Waals surface area contributed by atoms with Gasteiger partial charge in [0.2, 0.25) is 0 Å². The van der Waals surface area contributed by atoms with Gasteiger partial charge in [0.1, 0.15) is 5.58 Å². The van der Waals surface area contributed by atoms with Crippen LogP contribution >= 0.6 is 0 Å². The zero-order valence-corrected chi connectivity index (χ0v) is 35.5. The second-order valence-electron chi connectivity index (χ2n) is 17.7. The van der Waals surface area contributed by atoms with Gasteiger partial charge in [0.15, 0.2) is 5.58 Å². The molecule has 1 atom stereocenters. The van der Waals surface area contributed by atoms with E-state index < -0.39 is 8.07 Å². The molecule has 0 aliphatic rings. The average Bonchev–Trinajstić information content (AvgIpc) is 4.03. The molecule has 0 saturated heterocycles. The molecule has 294 valence electrons. The van der Waals surface area contributed by atoms with Crippen molar-refractivity contribution in [1.29, 1.82) is 10.5 Å². The first-order valence-electron chi connectivity index (χ1n) is 21.1. The van der Waals surface area contributed by atoms with E-state index in [0.29, 0.717) is 16.7 Å². The zero-order valence-electron chi connectivity index (χ0n) is 34.5. The summed E-state index contributed by atoms with van der Waals surface area (Å²) in [5.41, 5.74) is 13.5. The van der Waals surface area contributed by atoms with Gasteiger partial charge in [-0.25, -0.2) is 0 Å². The fourth-order valence-corrected chi connectivity index (χ4v) is 12.2. The topological polar surface area (TPSA) is 75.5 Å². The Kier molecular flexibility index (Phi) is 7.75. The molecule has 12 aromatic rings. The van der Waals surface area contributed by atoms with Gasteiger partial charge in [0, 0.05) is 66.4 Å². The van der Waals surface area contributed by atoms with Gasteiger partial charge in [-0.15, -0.1) is 0 Å². The maximum Gasteiger partial charge on any atom is 0.159 e. The first-order chi connectivity index (χ1) is 30.3. The lowest BCUT2D eigenvalue weighted by atomic mass is 10.1. The molecule has 1 unspecified atom stereocenters. The standard InChI is InChI=1S/C55H39N5OSi/c1-62(2,3)54(36-21-25-51-44(29-36)39-12-5-8-16-48(39)60(51)52-17-10-14-41-40-13-6-9-18-53(40)61-55(41)52)33-58-46-15-7-4-11-38(46)45-30-37(22-26-47(45)58)59-49-23-19-34(31-56)27-42(49)43-28-35(32-57)20-24-50(43)59/h4-30,54H,33H2,1-3H3. The molecule has 0 bridgehead atoms. The summed E-state index contributed by atoms with van der Waals surface area (Å²) in [6.45, 7) is 8.34. The van der Waals surface area contributed by atoms with E-state index in [-0.39, 0.29) is 0 Å². The van der Waals surface area contributed by atoms with E-state index in [2.05, 4.69) is 167 Å². The van der Waals surface area contributed by atoms with Crippen molar-refractivity contribution in [3.05, 3.63) is 180 Å². The van der Waals surface area contributed by atoms with Crippen molar-refractivity contribution in [2.75, 3.05) is 0 Å². The van der Waals surface area contributed by atoms with Crippen LogP contribution in [0.4, 0.5) is 0 Å². The minimum atomic E-state index is -1.85. The highest BCUT2D eigenvalue weighted by Gasteiger charge is 2.31. The second kappa shape index (κ2) is 13.3. The fourth-order valence-electron chi connectivity index (χ4n) is 10.3. The Labute approximate surface area is 358 Å². The van der Waals surface area contributed by atoms with Crippen LogP contribution in [0.5, 0.6) is 0 Å². The highest BCUT2D eigenvalue weighted by atomic mass is 28.3. The van der Waals surface area contributed by atoms with Crippen LogP contribution < -0.4 is 0 Å². The number of benzene rings is 8. The predicted molar refractivity (Wildman–Crippen MR) is 257 cm³/mol. The molecule has 0 amide bonds. The van der Waals surface area contributed by atoms with E-state index in [1.165, 1.54) is 43.7 Å². The van der Waals surface area contributed by atoms with Crippen LogP contribution in [0.2, 0.25) is 19.6 Å². The normalized spacial score (nSPS) is 12.7. The van der Waals surface area contributed by atoms with Gasteiger partial charge >= 0.3 is 0 Å². The molecule has 0 saturated carbocycles. The van der Waals surface area contributed by atoms with Crippen LogP contribution in [0.3, 0.4) is 0 Å². The maximum absolute atomic E-state index is 9.77. The van der Waals surface area contributed by atoms with Gasteiger partial charge in [0.05, 0.1) is 59.1 Å². The first-order valence-corrected chi connectivity index (χ1v) is 24.7.